The summed E-state index contributed by atoms with van der Waals surface area (Å²) in [5.74, 6) is -0.562. The van der Waals surface area contributed by atoms with E-state index in [0.717, 1.165) is 62.6 Å². The van der Waals surface area contributed by atoms with Gasteiger partial charge in [0.05, 0.1) is 28.3 Å². The number of halogens is 3. The number of fused-ring (bicyclic) bond motifs is 4. The summed E-state index contributed by atoms with van der Waals surface area (Å²) >= 11 is 7.25. The molecule has 4 fully saturated rings. The Balaban J connectivity index is 1.22. The first-order valence-corrected chi connectivity index (χ1v) is 16.3. The summed E-state index contributed by atoms with van der Waals surface area (Å²) in [5, 5.41) is 0.865. The molecule has 5 heterocycles. The molecule has 1 aromatic heterocycles. The fraction of sp³-hybridized carbons (Fsp3) is 0.500. The number of alkyl halides is 1. The number of aromatic nitrogens is 2. The smallest absolute Gasteiger partial charge is 0.317 e. The van der Waals surface area contributed by atoms with Crippen molar-refractivity contribution in [1.82, 2.24) is 19.8 Å². The van der Waals surface area contributed by atoms with Crippen LogP contribution in [-0.2, 0) is 17.6 Å². The van der Waals surface area contributed by atoms with E-state index in [2.05, 4.69) is 32.4 Å². The summed E-state index contributed by atoms with van der Waals surface area (Å²) < 4.78 is 37.3. The quantitative estimate of drug-likeness (QED) is 0.320. The second-order valence-corrected chi connectivity index (χ2v) is 13.5. The van der Waals surface area contributed by atoms with Gasteiger partial charge in [0.2, 0.25) is 5.91 Å². The maximum Gasteiger partial charge on any atom is 0.317 e. The van der Waals surface area contributed by atoms with Crippen LogP contribution < -0.4 is 9.64 Å². The van der Waals surface area contributed by atoms with E-state index in [1.54, 1.807) is 6.20 Å². The Labute approximate surface area is 260 Å². The maximum atomic E-state index is 16.8. The molecule has 0 saturated carbocycles. The molecule has 10 heteroatoms. The van der Waals surface area contributed by atoms with Crippen molar-refractivity contribution in [2.45, 2.75) is 75.2 Å². The zero-order valence-electron chi connectivity index (χ0n) is 24.7. The number of benzene rings is 2. The number of amides is 1. The van der Waals surface area contributed by atoms with Gasteiger partial charge in [-0.25, -0.2) is 13.8 Å². The van der Waals surface area contributed by atoms with Crippen LogP contribution in [0.25, 0.3) is 22.0 Å². The molecular weight excluding hydrogens is 584 g/mol. The summed E-state index contributed by atoms with van der Waals surface area (Å²) in [7, 11) is 0. The minimum Gasteiger partial charge on any atom is -0.461 e. The molecule has 0 N–H and O–H groups in total. The van der Waals surface area contributed by atoms with E-state index < -0.39 is 12.0 Å². The fourth-order valence-corrected chi connectivity index (χ4v) is 9.07. The summed E-state index contributed by atoms with van der Waals surface area (Å²) in [6, 6.07) is 6.26. The van der Waals surface area contributed by atoms with Crippen LogP contribution >= 0.6 is 11.6 Å². The third-order valence-corrected chi connectivity index (χ3v) is 11.2. The number of carbonyl (C=O) groups excluding carboxylic acids is 1. The largest absolute Gasteiger partial charge is 0.461 e. The van der Waals surface area contributed by atoms with Crippen LogP contribution in [0.4, 0.5) is 14.5 Å². The molecule has 7 nitrogen and oxygen atoms in total. The lowest BCUT2D eigenvalue weighted by atomic mass is 9.85. The Morgan fingerprint density at radius 3 is 2.91 bits per heavy atom. The first-order valence-electron chi connectivity index (χ1n) is 15.9. The van der Waals surface area contributed by atoms with Crippen molar-refractivity contribution in [2.24, 2.45) is 0 Å². The molecule has 5 aliphatic rings. The van der Waals surface area contributed by atoms with Crippen LogP contribution in [0.2, 0.25) is 5.02 Å². The Hall–Kier alpha value is -3.30. The van der Waals surface area contributed by atoms with Gasteiger partial charge in [0.1, 0.15) is 18.3 Å². The van der Waals surface area contributed by atoms with E-state index in [1.807, 2.05) is 17.0 Å². The van der Waals surface area contributed by atoms with Crippen molar-refractivity contribution >= 4 is 34.1 Å². The Kier molecular flexibility index (Phi) is 6.83. The number of anilines is 1. The Bertz CT molecular complexity index is 1690. The molecule has 0 spiro atoms. The van der Waals surface area contributed by atoms with Gasteiger partial charge >= 0.3 is 6.01 Å². The molecule has 0 bridgehead atoms. The molecule has 8 rings (SSSR count). The van der Waals surface area contributed by atoms with E-state index in [4.69, 9.17) is 16.3 Å². The molecule has 230 valence electrons. The lowest BCUT2D eigenvalue weighted by Gasteiger charge is -2.48. The van der Waals surface area contributed by atoms with Gasteiger partial charge in [-0.1, -0.05) is 36.4 Å². The van der Waals surface area contributed by atoms with E-state index in [-0.39, 0.29) is 41.7 Å². The third kappa shape index (κ3) is 4.25. The van der Waals surface area contributed by atoms with Gasteiger partial charge in [-0.15, -0.1) is 0 Å². The number of carbonyl (C=O) groups is 1. The lowest BCUT2D eigenvalue weighted by Crippen LogP contribution is -2.63. The lowest BCUT2D eigenvalue weighted by molar-refractivity contribution is -0.127. The topological polar surface area (TPSA) is 61.8 Å². The minimum atomic E-state index is -0.869. The van der Waals surface area contributed by atoms with Gasteiger partial charge in [-0.2, -0.15) is 4.98 Å². The van der Waals surface area contributed by atoms with Gasteiger partial charge in [0, 0.05) is 43.2 Å². The van der Waals surface area contributed by atoms with Crippen LogP contribution in [0.1, 0.15) is 49.7 Å². The highest BCUT2D eigenvalue weighted by Gasteiger charge is 2.51. The van der Waals surface area contributed by atoms with Gasteiger partial charge in [0.25, 0.3) is 0 Å². The summed E-state index contributed by atoms with van der Waals surface area (Å²) in [6.07, 6.45) is 9.18. The number of rotatable bonds is 6. The number of ether oxygens (including phenoxy) is 1. The molecule has 1 aliphatic carbocycles. The van der Waals surface area contributed by atoms with E-state index in [0.29, 0.717) is 47.7 Å². The van der Waals surface area contributed by atoms with Crippen LogP contribution in [0.5, 0.6) is 6.01 Å². The maximum absolute atomic E-state index is 16.8. The zero-order valence-corrected chi connectivity index (χ0v) is 25.5. The SMILES string of the molecule is C=CC(=O)N1CCC2[C@H]1CN2c1c(Cl)c(-c2cccc3c2CCCC3)c(F)c2nc(OC[C@@]34CCCN3C[C@H](F)C4)ncc12. The van der Waals surface area contributed by atoms with Gasteiger partial charge in [-0.05, 0) is 74.3 Å². The molecule has 4 aliphatic heterocycles. The number of hydrogen-bond acceptors (Lipinski definition) is 6. The first-order chi connectivity index (χ1) is 21.4. The molecule has 2 aromatic carbocycles. The van der Waals surface area contributed by atoms with E-state index >= 15 is 4.39 Å². The molecule has 1 unspecified atom stereocenters. The number of nitrogens with zero attached hydrogens (tertiary/aromatic N) is 5. The minimum absolute atomic E-state index is 0.0486. The molecule has 3 aromatic rings. The predicted molar refractivity (Wildman–Crippen MR) is 167 cm³/mol. The van der Waals surface area contributed by atoms with Crippen LogP contribution in [0, 0.1) is 5.82 Å². The number of aryl methyl sites for hydroxylation is 1. The standard InChI is InChI=1S/C34H36ClF2N5O2/c1-2-27(43)41-14-11-25-26(41)18-42(25)32-24-16-38-33(44-19-34-12-6-13-40(34)17-21(36)15-34)39-31(24)30(37)28(29(32)35)23-10-5-8-20-7-3-4-9-22(20)23/h2,5,8,10,16,21,25-26H,1,3-4,6-7,9,11-15,17-19H2/t21-,25?,26-,34+/m1/s1. The summed E-state index contributed by atoms with van der Waals surface area (Å²) in [4.78, 5) is 27.9. The monoisotopic (exact) mass is 619 g/mol. The van der Waals surface area contributed by atoms with E-state index in [9.17, 15) is 9.18 Å². The van der Waals surface area contributed by atoms with Crippen molar-refractivity contribution in [1.29, 1.82) is 0 Å². The van der Waals surface area contributed by atoms with Crippen LogP contribution in [0.3, 0.4) is 0 Å². The van der Waals surface area contributed by atoms with E-state index in [1.165, 1.54) is 11.6 Å². The van der Waals surface area contributed by atoms with Gasteiger partial charge < -0.3 is 14.5 Å². The highest BCUT2D eigenvalue weighted by molar-refractivity contribution is 6.38. The van der Waals surface area contributed by atoms with Gasteiger partial charge in [0.15, 0.2) is 5.82 Å². The summed E-state index contributed by atoms with van der Waals surface area (Å²) in [6.45, 7) is 6.44. The van der Waals surface area contributed by atoms with Crippen molar-refractivity contribution in [2.75, 3.05) is 37.7 Å². The average Bonchev–Trinajstić information content (AvgIpc) is 3.67. The molecule has 44 heavy (non-hydrogen) atoms. The molecule has 4 saturated heterocycles. The molecular formula is C34H36ClF2N5O2. The average molecular weight is 620 g/mol. The predicted octanol–water partition coefficient (Wildman–Crippen LogP) is 5.90. The number of hydrogen-bond donors (Lipinski definition) is 0. The molecule has 4 atom stereocenters. The fourth-order valence-electron chi connectivity index (χ4n) is 8.68. The first kappa shape index (κ1) is 28.2. The zero-order chi connectivity index (χ0) is 30.2. The van der Waals surface area contributed by atoms with Gasteiger partial charge in [-0.3, -0.25) is 9.69 Å². The normalized spacial score (nSPS) is 27.7. The molecule has 0 radical (unpaired) electrons. The highest BCUT2D eigenvalue weighted by atomic mass is 35.5. The van der Waals surface area contributed by atoms with Crippen molar-refractivity contribution in [3.05, 3.63) is 59.0 Å². The van der Waals surface area contributed by atoms with Crippen LogP contribution in [-0.4, -0.2) is 82.3 Å². The number of likely N-dealkylation sites (tertiary alicyclic amines) is 1. The van der Waals surface area contributed by atoms with Crippen molar-refractivity contribution < 1.29 is 18.3 Å². The second-order valence-electron chi connectivity index (χ2n) is 13.1. The third-order valence-electron chi connectivity index (χ3n) is 10.8. The summed E-state index contributed by atoms with van der Waals surface area (Å²) in [5.41, 5.74) is 4.04. The van der Waals surface area contributed by atoms with Crippen molar-refractivity contribution in [3.8, 4) is 17.1 Å². The Morgan fingerprint density at radius 2 is 2.05 bits per heavy atom. The highest BCUT2D eigenvalue weighted by Crippen LogP contribution is 2.49. The molecule has 1 amide bonds. The Morgan fingerprint density at radius 1 is 1.18 bits per heavy atom. The second kappa shape index (κ2) is 10.7. The van der Waals surface area contributed by atoms with Crippen LogP contribution in [0.15, 0.2) is 37.1 Å². The van der Waals surface area contributed by atoms with Crippen molar-refractivity contribution in [3.63, 3.8) is 0 Å².